The normalized spacial score (nSPS) is 17.0. The molecule has 1 fully saturated rings. The average molecular weight is 403 g/mol. The predicted octanol–water partition coefficient (Wildman–Crippen LogP) is 4.81. The summed E-state index contributed by atoms with van der Waals surface area (Å²) >= 11 is 1.76. The summed E-state index contributed by atoms with van der Waals surface area (Å²) in [7, 11) is 0. The molecule has 0 aliphatic carbocycles. The molecule has 0 radical (unpaired) electrons. The molecule has 0 unspecified atom stereocenters. The van der Waals surface area contributed by atoms with Crippen LogP contribution in [-0.2, 0) is 0 Å². The molecule has 5 nitrogen and oxygen atoms in total. The van der Waals surface area contributed by atoms with Crippen molar-refractivity contribution < 1.29 is 4.79 Å². The lowest BCUT2D eigenvalue weighted by Gasteiger charge is -2.32. The van der Waals surface area contributed by atoms with Crippen molar-refractivity contribution >= 4 is 27.5 Å². The Hall–Kier alpha value is -2.99. The van der Waals surface area contributed by atoms with Crippen molar-refractivity contribution in [2.24, 2.45) is 0 Å². The van der Waals surface area contributed by atoms with Gasteiger partial charge in [0.1, 0.15) is 0 Å². The second kappa shape index (κ2) is 7.44. The van der Waals surface area contributed by atoms with E-state index in [4.69, 9.17) is 4.98 Å². The van der Waals surface area contributed by atoms with Gasteiger partial charge in [0.25, 0.3) is 5.91 Å². The van der Waals surface area contributed by atoms with Gasteiger partial charge in [-0.25, -0.2) is 9.67 Å². The van der Waals surface area contributed by atoms with Crippen LogP contribution in [0, 0.1) is 6.92 Å². The lowest BCUT2D eigenvalue weighted by atomic mass is 9.98. The Balaban J connectivity index is 1.33. The molecule has 1 atom stereocenters. The molecule has 146 valence electrons. The third-order valence-corrected chi connectivity index (χ3v) is 6.76. The summed E-state index contributed by atoms with van der Waals surface area (Å²) in [5, 5.41) is 5.47. The van der Waals surface area contributed by atoms with Crippen molar-refractivity contribution in [2.75, 3.05) is 13.1 Å². The van der Waals surface area contributed by atoms with Gasteiger partial charge in [-0.15, -0.1) is 11.3 Å². The van der Waals surface area contributed by atoms with Crippen molar-refractivity contribution in [1.29, 1.82) is 0 Å². The quantitative estimate of drug-likeness (QED) is 0.494. The van der Waals surface area contributed by atoms with Crippen LogP contribution in [0.4, 0.5) is 0 Å². The zero-order chi connectivity index (χ0) is 19.8. The Morgan fingerprint density at radius 1 is 1.10 bits per heavy atom. The van der Waals surface area contributed by atoms with Crippen LogP contribution in [0.2, 0.25) is 0 Å². The highest BCUT2D eigenvalue weighted by Crippen LogP contribution is 2.33. The Morgan fingerprint density at radius 3 is 2.69 bits per heavy atom. The van der Waals surface area contributed by atoms with E-state index in [9.17, 15) is 4.79 Å². The van der Waals surface area contributed by atoms with Crippen LogP contribution in [0.5, 0.6) is 0 Å². The Kier molecular flexibility index (Phi) is 4.64. The van der Waals surface area contributed by atoms with E-state index in [0.717, 1.165) is 53.4 Å². The smallest absolute Gasteiger partial charge is 0.253 e. The number of rotatable bonds is 3. The fraction of sp³-hybridized carbons (Fsp3) is 0.261. The van der Waals surface area contributed by atoms with Crippen molar-refractivity contribution in [3.63, 3.8) is 0 Å². The van der Waals surface area contributed by atoms with Gasteiger partial charge in [-0.1, -0.05) is 12.1 Å². The summed E-state index contributed by atoms with van der Waals surface area (Å²) in [5.41, 5.74) is 3.82. The molecule has 0 bridgehead atoms. The molecule has 4 aromatic rings. The van der Waals surface area contributed by atoms with E-state index in [2.05, 4.69) is 23.3 Å². The third kappa shape index (κ3) is 3.44. The minimum absolute atomic E-state index is 0.0968. The SMILES string of the molecule is Cc1ccnn1-c1ccc(C(=O)N2CCC[C@@H](c3nc4ccccc4s3)C2)cc1. The highest BCUT2D eigenvalue weighted by Gasteiger charge is 2.27. The summed E-state index contributed by atoms with van der Waals surface area (Å²) in [6, 6.07) is 17.9. The Morgan fingerprint density at radius 2 is 1.93 bits per heavy atom. The number of likely N-dealkylation sites (tertiary alicyclic amines) is 1. The number of carbonyl (C=O) groups excluding carboxylic acids is 1. The lowest BCUT2D eigenvalue weighted by molar-refractivity contribution is 0.0707. The van der Waals surface area contributed by atoms with Crippen molar-refractivity contribution in [3.05, 3.63) is 77.1 Å². The molecule has 2 aromatic carbocycles. The van der Waals surface area contributed by atoms with Crippen LogP contribution in [-0.4, -0.2) is 38.7 Å². The van der Waals surface area contributed by atoms with Gasteiger partial charge >= 0.3 is 0 Å². The Bertz CT molecular complexity index is 1130. The molecule has 1 saturated heterocycles. The van der Waals surface area contributed by atoms with Gasteiger partial charge in [-0.05, 0) is 62.2 Å². The fourth-order valence-corrected chi connectivity index (χ4v) is 5.09. The number of carbonyl (C=O) groups is 1. The average Bonchev–Trinajstić information content (AvgIpc) is 3.39. The molecule has 0 N–H and O–H groups in total. The highest BCUT2D eigenvalue weighted by molar-refractivity contribution is 7.18. The standard InChI is InChI=1S/C23H22N4OS/c1-16-12-13-24-27(16)19-10-8-17(9-11-19)23(28)26-14-4-5-18(15-26)22-25-20-6-2-3-7-21(20)29-22/h2-3,6-13,18H,4-5,14-15H2,1H3/t18-/m1/s1. The van der Waals surface area contributed by atoms with Crippen LogP contribution < -0.4 is 0 Å². The first-order chi connectivity index (χ1) is 14.2. The summed E-state index contributed by atoms with van der Waals surface area (Å²) in [6.07, 6.45) is 3.88. The van der Waals surface area contributed by atoms with Crippen LogP contribution in [0.25, 0.3) is 15.9 Å². The number of thiazole rings is 1. The van der Waals surface area contributed by atoms with E-state index < -0.39 is 0 Å². The minimum atomic E-state index is 0.0968. The molecule has 1 amide bonds. The Labute approximate surface area is 173 Å². The van der Waals surface area contributed by atoms with Crippen molar-refractivity contribution in [3.8, 4) is 5.69 Å². The van der Waals surface area contributed by atoms with E-state index in [0.29, 0.717) is 5.92 Å². The largest absolute Gasteiger partial charge is 0.338 e. The molecule has 0 saturated carbocycles. The summed E-state index contributed by atoms with van der Waals surface area (Å²) in [5.74, 6) is 0.413. The number of nitrogens with zero attached hydrogens (tertiary/aromatic N) is 4. The van der Waals surface area contributed by atoms with Gasteiger partial charge in [0.15, 0.2) is 0 Å². The summed E-state index contributed by atoms with van der Waals surface area (Å²) < 4.78 is 3.09. The van der Waals surface area contributed by atoms with Gasteiger partial charge in [-0.2, -0.15) is 5.10 Å². The topological polar surface area (TPSA) is 51.0 Å². The second-order valence-electron chi connectivity index (χ2n) is 7.54. The monoisotopic (exact) mass is 402 g/mol. The third-order valence-electron chi connectivity index (χ3n) is 5.56. The number of benzene rings is 2. The fourth-order valence-electron chi connectivity index (χ4n) is 4.00. The minimum Gasteiger partial charge on any atom is -0.338 e. The van der Waals surface area contributed by atoms with Crippen molar-refractivity contribution in [2.45, 2.75) is 25.7 Å². The van der Waals surface area contributed by atoms with E-state index in [1.165, 1.54) is 4.70 Å². The number of aryl methyl sites for hydroxylation is 1. The lowest BCUT2D eigenvalue weighted by Crippen LogP contribution is -2.39. The zero-order valence-electron chi connectivity index (χ0n) is 16.3. The number of aromatic nitrogens is 3. The van der Waals surface area contributed by atoms with Gasteiger partial charge in [-0.3, -0.25) is 4.79 Å². The highest BCUT2D eigenvalue weighted by atomic mass is 32.1. The summed E-state index contributed by atoms with van der Waals surface area (Å²) in [4.78, 5) is 19.9. The van der Waals surface area contributed by atoms with Gasteiger partial charge in [0.2, 0.25) is 0 Å². The first kappa shape index (κ1) is 18.1. The number of fused-ring (bicyclic) bond motifs is 1. The first-order valence-electron chi connectivity index (χ1n) is 9.95. The van der Waals surface area contributed by atoms with Crippen molar-refractivity contribution in [1.82, 2.24) is 19.7 Å². The number of hydrogen-bond donors (Lipinski definition) is 0. The number of amides is 1. The number of para-hydroxylation sites is 1. The van der Waals surface area contributed by atoms with E-state index >= 15 is 0 Å². The molecule has 2 aromatic heterocycles. The first-order valence-corrected chi connectivity index (χ1v) is 10.8. The molecule has 3 heterocycles. The molecule has 6 heteroatoms. The maximum atomic E-state index is 13.1. The summed E-state index contributed by atoms with van der Waals surface area (Å²) in [6.45, 7) is 3.56. The van der Waals surface area contributed by atoms with Crippen LogP contribution in [0.1, 0.15) is 39.8 Å². The van der Waals surface area contributed by atoms with E-state index in [1.54, 1.807) is 17.5 Å². The molecule has 0 spiro atoms. The van der Waals surface area contributed by atoms with E-state index in [1.807, 2.05) is 52.9 Å². The molecular weight excluding hydrogens is 380 g/mol. The maximum absolute atomic E-state index is 13.1. The zero-order valence-corrected chi connectivity index (χ0v) is 17.1. The molecule has 1 aliphatic rings. The predicted molar refractivity (Wildman–Crippen MR) is 116 cm³/mol. The molecular formula is C23H22N4OS. The second-order valence-corrected chi connectivity index (χ2v) is 8.60. The van der Waals surface area contributed by atoms with Crippen LogP contribution in [0.15, 0.2) is 60.8 Å². The van der Waals surface area contributed by atoms with Gasteiger partial charge < -0.3 is 4.90 Å². The molecule has 5 rings (SSSR count). The molecule has 1 aliphatic heterocycles. The molecule has 29 heavy (non-hydrogen) atoms. The number of hydrogen-bond acceptors (Lipinski definition) is 4. The van der Waals surface area contributed by atoms with Crippen LogP contribution >= 0.6 is 11.3 Å². The van der Waals surface area contributed by atoms with E-state index in [-0.39, 0.29) is 5.91 Å². The van der Waals surface area contributed by atoms with Crippen LogP contribution in [0.3, 0.4) is 0 Å². The maximum Gasteiger partial charge on any atom is 0.253 e. The van der Waals surface area contributed by atoms with Gasteiger partial charge in [0.05, 0.1) is 20.9 Å². The number of piperidine rings is 1. The van der Waals surface area contributed by atoms with Gasteiger partial charge in [0, 0.05) is 36.5 Å².